The second-order valence-corrected chi connectivity index (χ2v) is 5.98. The van der Waals surface area contributed by atoms with Gasteiger partial charge in [0.2, 0.25) is 15.0 Å². The smallest absolute Gasteiger partial charge is 0.225 e. The van der Waals surface area contributed by atoms with E-state index in [2.05, 4.69) is 9.97 Å². The molecule has 90 valence electrons. The van der Waals surface area contributed by atoms with E-state index in [4.69, 9.17) is 0 Å². The maximum absolute atomic E-state index is 11.4. The number of nitrogens with one attached hydrogen (secondary N) is 1. The van der Waals surface area contributed by atoms with Crippen molar-refractivity contribution in [1.82, 2.24) is 9.97 Å². The van der Waals surface area contributed by atoms with E-state index in [9.17, 15) is 8.42 Å². The normalized spacial score (nSPS) is 11.6. The molecule has 0 saturated carbocycles. The standard InChI is InChI=1S/C12H14N2O2S/c1-9-11(8-10-6-4-3-5-7-10)14-12(13-9)17(2,15)16/h3-7H,8H2,1-2H3,(H,13,14). The van der Waals surface area contributed by atoms with Crippen LogP contribution in [-0.4, -0.2) is 24.6 Å². The summed E-state index contributed by atoms with van der Waals surface area (Å²) in [5.74, 6) is 0. The van der Waals surface area contributed by atoms with Gasteiger partial charge in [0.25, 0.3) is 0 Å². The molecular formula is C12H14N2O2S. The number of aryl methyl sites for hydroxylation is 1. The van der Waals surface area contributed by atoms with E-state index in [1.54, 1.807) is 0 Å². The molecule has 0 aliphatic rings. The second-order valence-electron chi connectivity index (χ2n) is 4.05. The van der Waals surface area contributed by atoms with Crippen molar-refractivity contribution in [1.29, 1.82) is 0 Å². The Morgan fingerprint density at radius 3 is 2.41 bits per heavy atom. The third kappa shape index (κ3) is 2.74. The van der Waals surface area contributed by atoms with Gasteiger partial charge in [-0.2, -0.15) is 0 Å². The Kier molecular flexibility index (Phi) is 3.02. The molecule has 5 heteroatoms. The van der Waals surface area contributed by atoms with E-state index in [0.29, 0.717) is 6.42 Å². The number of imidazole rings is 1. The summed E-state index contributed by atoms with van der Waals surface area (Å²) < 4.78 is 22.7. The van der Waals surface area contributed by atoms with Gasteiger partial charge in [-0.25, -0.2) is 13.4 Å². The van der Waals surface area contributed by atoms with Crippen molar-refractivity contribution in [2.24, 2.45) is 0 Å². The number of rotatable bonds is 3. The van der Waals surface area contributed by atoms with Crippen LogP contribution in [0.1, 0.15) is 17.0 Å². The SMILES string of the molecule is Cc1[nH]c(S(C)(=O)=O)nc1Cc1ccccc1. The minimum absolute atomic E-state index is 0.0425. The second kappa shape index (κ2) is 4.33. The lowest BCUT2D eigenvalue weighted by Crippen LogP contribution is -1.99. The third-order valence-corrected chi connectivity index (χ3v) is 3.43. The highest BCUT2D eigenvalue weighted by molar-refractivity contribution is 7.90. The molecule has 1 aromatic heterocycles. The van der Waals surface area contributed by atoms with Crippen molar-refractivity contribution in [2.45, 2.75) is 18.5 Å². The number of aromatic nitrogens is 2. The molecule has 2 aromatic rings. The van der Waals surface area contributed by atoms with Crippen molar-refractivity contribution in [3.05, 3.63) is 47.3 Å². The quantitative estimate of drug-likeness (QED) is 0.902. The zero-order chi connectivity index (χ0) is 12.5. The number of aromatic amines is 1. The van der Waals surface area contributed by atoms with Crippen LogP contribution in [0.4, 0.5) is 0 Å². The molecule has 1 aromatic carbocycles. The molecule has 0 aliphatic heterocycles. The molecule has 1 heterocycles. The van der Waals surface area contributed by atoms with Gasteiger partial charge in [-0.05, 0) is 12.5 Å². The van der Waals surface area contributed by atoms with Gasteiger partial charge in [0.05, 0.1) is 5.69 Å². The van der Waals surface area contributed by atoms with Crippen LogP contribution in [0, 0.1) is 6.92 Å². The van der Waals surface area contributed by atoms with Gasteiger partial charge in [-0.1, -0.05) is 30.3 Å². The van der Waals surface area contributed by atoms with Crippen LogP contribution in [0.2, 0.25) is 0 Å². The lowest BCUT2D eigenvalue weighted by Gasteiger charge is -1.98. The average Bonchev–Trinajstić information content (AvgIpc) is 2.62. The fraction of sp³-hybridized carbons (Fsp3) is 0.250. The van der Waals surface area contributed by atoms with Gasteiger partial charge in [0.1, 0.15) is 0 Å². The van der Waals surface area contributed by atoms with Crippen molar-refractivity contribution >= 4 is 9.84 Å². The first-order chi connectivity index (χ1) is 7.97. The van der Waals surface area contributed by atoms with Crippen molar-refractivity contribution < 1.29 is 8.42 Å². The molecule has 0 unspecified atom stereocenters. The van der Waals surface area contributed by atoms with Gasteiger partial charge in [0.15, 0.2) is 0 Å². The highest BCUT2D eigenvalue weighted by Crippen LogP contribution is 2.14. The Hall–Kier alpha value is -1.62. The Bertz CT molecular complexity index is 615. The molecule has 0 atom stereocenters. The summed E-state index contributed by atoms with van der Waals surface area (Å²) in [6, 6.07) is 9.84. The molecule has 0 aliphatic carbocycles. The molecule has 0 saturated heterocycles. The number of nitrogens with zero attached hydrogens (tertiary/aromatic N) is 1. The molecule has 17 heavy (non-hydrogen) atoms. The average molecular weight is 250 g/mol. The first-order valence-electron chi connectivity index (χ1n) is 5.26. The maximum atomic E-state index is 11.4. The van der Waals surface area contributed by atoms with Gasteiger partial charge < -0.3 is 4.98 Å². The molecule has 0 fully saturated rings. The van der Waals surface area contributed by atoms with Gasteiger partial charge in [-0.15, -0.1) is 0 Å². The number of sulfone groups is 1. The highest BCUT2D eigenvalue weighted by atomic mass is 32.2. The van der Waals surface area contributed by atoms with E-state index < -0.39 is 9.84 Å². The summed E-state index contributed by atoms with van der Waals surface area (Å²) in [6.45, 7) is 1.83. The Balaban J connectivity index is 2.32. The first-order valence-corrected chi connectivity index (χ1v) is 7.15. The predicted molar refractivity (Wildman–Crippen MR) is 65.7 cm³/mol. The largest absolute Gasteiger partial charge is 0.333 e. The molecule has 4 nitrogen and oxygen atoms in total. The van der Waals surface area contributed by atoms with Crippen LogP contribution >= 0.6 is 0 Å². The Morgan fingerprint density at radius 2 is 1.88 bits per heavy atom. The zero-order valence-corrected chi connectivity index (χ0v) is 10.6. The summed E-state index contributed by atoms with van der Waals surface area (Å²) in [7, 11) is -3.26. The fourth-order valence-corrected chi connectivity index (χ4v) is 2.22. The van der Waals surface area contributed by atoms with Crippen molar-refractivity contribution in [2.75, 3.05) is 6.26 Å². The molecule has 0 spiro atoms. The van der Waals surface area contributed by atoms with E-state index >= 15 is 0 Å². The maximum Gasteiger partial charge on any atom is 0.225 e. The molecule has 2 rings (SSSR count). The van der Waals surface area contributed by atoms with Crippen LogP contribution < -0.4 is 0 Å². The van der Waals surface area contributed by atoms with Crippen molar-refractivity contribution in [3.8, 4) is 0 Å². The van der Waals surface area contributed by atoms with E-state index in [1.807, 2.05) is 37.3 Å². The summed E-state index contributed by atoms with van der Waals surface area (Å²) >= 11 is 0. The molecule has 1 N–H and O–H groups in total. The van der Waals surface area contributed by atoms with Crippen LogP contribution in [-0.2, 0) is 16.3 Å². The minimum atomic E-state index is -3.26. The Morgan fingerprint density at radius 1 is 1.24 bits per heavy atom. The van der Waals surface area contributed by atoms with E-state index in [1.165, 1.54) is 0 Å². The molecule has 0 radical (unpaired) electrons. The first kappa shape index (κ1) is 11.9. The van der Waals surface area contributed by atoms with Gasteiger partial charge in [-0.3, -0.25) is 0 Å². The number of hydrogen-bond donors (Lipinski definition) is 1. The van der Waals surface area contributed by atoms with Crippen molar-refractivity contribution in [3.63, 3.8) is 0 Å². The van der Waals surface area contributed by atoms with Crippen LogP contribution in [0.5, 0.6) is 0 Å². The minimum Gasteiger partial charge on any atom is -0.333 e. The highest BCUT2D eigenvalue weighted by Gasteiger charge is 2.15. The predicted octanol–water partition coefficient (Wildman–Crippen LogP) is 1.71. The fourth-order valence-electron chi connectivity index (χ4n) is 1.60. The monoisotopic (exact) mass is 250 g/mol. The van der Waals surface area contributed by atoms with E-state index in [-0.39, 0.29) is 5.16 Å². The summed E-state index contributed by atoms with van der Waals surface area (Å²) in [5, 5.41) is 0.0425. The van der Waals surface area contributed by atoms with E-state index in [0.717, 1.165) is 23.2 Å². The summed E-state index contributed by atoms with van der Waals surface area (Å²) in [6.07, 6.45) is 1.79. The summed E-state index contributed by atoms with van der Waals surface area (Å²) in [5.41, 5.74) is 2.69. The third-order valence-electron chi connectivity index (χ3n) is 2.53. The Labute approximate surface area is 101 Å². The van der Waals surface area contributed by atoms with Crippen LogP contribution in [0.25, 0.3) is 0 Å². The van der Waals surface area contributed by atoms with Gasteiger partial charge >= 0.3 is 0 Å². The van der Waals surface area contributed by atoms with Crippen LogP contribution in [0.3, 0.4) is 0 Å². The lowest BCUT2D eigenvalue weighted by atomic mass is 10.1. The molecule has 0 bridgehead atoms. The lowest BCUT2D eigenvalue weighted by molar-refractivity contribution is 0.594. The number of hydrogen-bond acceptors (Lipinski definition) is 3. The summed E-state index contributed by atoms with van der Waals surface area (Å²) in [4.78, 5) is 6.94. The number of H-pyrrole nitrogens is 1. The van der Waals surface area contributed by atoms with Gasteiger partial charge in [0, 0.05) is 18.4 Å². The number of benzene rings is 1. The topological polar surface area (TPSA) is 62.8 Å². The zero-order valence-electron chi connectivity index (χ0n) is 9.77. The molecular weight excluding hydrogens is 236 g/mol. The van der Waals surface area contributed by atoms with Crippen LogP contribution in [0.15, 0.2) is 35.5 Å². The molecule has 0 amide bonds.